The molecule has 0 aromatic heterocycles. The zero-order chi connectivity index (χ0) is 30.5. The van der Waals surface area contributed by atoms with Gasteiger partial charge in [-0.25, -0.2) is 9.59 Å². The molecule has 4 N–H and O–H groups in total. The molecule has 1 aliphatic rings. The maximum Gasteiger partial charge on any atom is 0.416 e. The monoisotopic (exact) mass is 577 g/mol. The molecule has 3 rings (SSSR count). The third-order valence-electron chi connectivity index (χ3n) is 7.73. The number of rotatable bonds is 8. The topological polar surface area (TPSA) is 119 Å². The van der Waals surface area contributed by atoms with Crippen molar-refractivity contribution in [2.24, 2.45) is 11.3 Å². The zero-order valence-electron chi connectivity index (χ0n) is 23.7. The summed E-state index contributed by atoms with van der Waals surface area (Å²) in [5, 5.41) is 23.1. The second-order valence-electron chi connectivity index (χ2n) is 11.7. The van der Waals surface area contributed by atoms with Crippen molar-refractivity contribution in [3.8, 4) is 0 Å². The standard InChI is InChI=1S/C30H38F3N3O5/c1-18-5-12-22(15-24(18)30(31,32)33)35-28(41)36(23-13-10-21(11-14-23)29(2,3)4)17-19-6-8-20(9-7-19)26(38)34-16-25(37)27(39)40/h5-9,12,15,21,23,25,37H,10-11,13-14,16-17H2,1-4H3,(H,34,38)(H,35,41)(H,39,40)/t21?,23?,25-/m1/s1. The molecule has 11 heteroatoms. The number of urea groups is 1. The predicted octanol–water partition coefficient (Wildman–Crippen LogP) is 5.83. The van der Waals surface area contributed by atoms with Gasteiger partial charge in [0.2, 0.25) is 0 Å². The molecule has 3 amide bonds. The lowest BCUT2D eigenvalue weighted by Crippen LogP contribution is -2.45. The number of aliphatic carboxylic acids is 1. The van der Waals surface area contributed by atoms with E-state index in [1.807, 2.05) is 0 Å². The number of hydrogen-bond acceptors (Lipinski definition) is 4. The van der Waals surface area contributed by atoms with Crippen LogP contribution in [0.15, 0.2) is 42.5 Å². The number of nitrogens with one attached hydrogen (secondary N) is 2. The smallest absolute Gasteiger partial charge is 0.416 e. The van der Waals surface area contributed by atoms with Gasteiger partial charge < -0.3 is 25.7 Å². The van der Waals surface area contributed by atoms with Crippen molar-refractivity contribution in [3.63, 3.8) is 0 Å². The van der Waals surface area contributed by atoms with Crippen molar-refractivity contribution in [2.45, 2.75) is 78.2 Å². The van der Waals surface area contributed by atoms with Gasteiger partial charge in [0.15, 0.2) is 6.10 Å². The number of aliphatic hydroxyl groups excluding tert-OH is 1. The van der Waals surface area contributed by atoms with Crippen LogP contribution in [0, 0.1) is 18.3 Å². The molecule has 0 unspecified atom stereocenters. The number of halogens is 3. The number of amides is 3. The summed E-state index contributed by atoms with van der Waals surface area (Å²) in [5.41, 5.74) is 0.390. The average molecular weight is 578 g/mol. The van der Waals surface area contributed by atoms with E-state index < -0.39 is 42.3 Å². The summed E-state index contributed by atoms with van der Waals surface area (Å²) >= 11 is 0. The van der Waals surface area contributed by atoms with E-state index in [4.69, 9.17) is 5.11 Å². The molecule has 8 nitrogen and oxygen atoms in total. The first-order valence-electron chi connectivity index (χ1n) is 13.6. The van der Waals surface area contributed by atoms with Gasteiger partial charge >= 0.3 is 18.2 Å². The highest BCUT2D eigenvalue weighted by atomic mass is 19.4. The minimum absolute atomic E-state index is 0.0527. The summed E-state index contributed by atoms with van der Waals surface area (Å²) < 4.78 is 40.4. The molecule has 1 saturated carbocycles. The second kappa shape index (κ2) is 12.9. The number of aliphatic hydroxyl groups is 1. The van der Waals surface area contributed by atoms with Crippen molar-refractivity contribution < 1.29 is 37.8 Å². The van der Waals surface area contributed by atoms with Crippen LogP contribution in [0.2, 0.25) is 0 Å². The Kier molecular flexibility index (Phi) is 10.1. The van der Waals surface area contributed by atoms with Crippen LogP contribution in [0.1, 0.15) is 73.5 Å². The zero-order valence-corrected chi connectivity index (χ0v) is 23.7. The predicted molar refractivity (Wildman–Crippen MR) is 148 cm³/mol. The van der Waals surface area contributed by atoms with Gasteiger partial charge in [0.25, 0.3) is 5.91 Å². The number of alkyl halides is 3. The summed E-state index contributed by atoms with van der Waals surface area (Å²) in [7, 11) is 0. The Hall–Kier alpha value is -3.60. The summed E-state index contributed by atoms with van der Waals surface area (Å²) in [6.45, 7) is 7.67. The van der Waals surface area contributed by atoms with Crippen molar-refractivity contribution >= 4 is 23.6 Å². The first kappa shape index (κ1) is 31.9. The highest BCUT2D eigenvalue weighted by molar-refractivity contribution is 5.94. The van der Waals surface area contributed by atoms with Crippen molar-refractivity contribution in [1.82, 2.24) is 10.2 Å². The van der Waals surface area contributed by atoms with E-state index in [1.54, 1.807) is 17.0 Å². The fourth-order valence-corrected chi connectivity index (χ4v) is 5.16. The number of hydrogen-bond donors (Lipinski definition) is 4. The van der Waals surface area contributed by atoms with Crippen molar-refractivity contribution in [1.29, 1.82) is 0 Å². The maximum atomic E-state index is 13.5. The van der Waals surface area contributed by atoms with E-state index in [2.05, 4.69) is 31.4 Å². The highest BCUT2D eigenvalue weighted by Gasteiger charge is 2.35. The van der Waals surface area contributed by atoms with Crippen LogP contribution in [0.4, 0.5) is 23.7 Å². The lowest BCUT2D eigenvalue weighted by molar-refractivity contribution is -0.146. The molecule has 1 aliphatic carbocycles. The normalized spacial score (nSPS) is 18.3. The molecule has 224 valence electrons. The second-order valence-corrected chi connectivity index (χ2v) is 11.7. The van der Waals surface area contributed by atoms with E-state index in [-0.39, 0.29) is 34.8 Å². The summed E-state index contributed by atoms with van der Waals surface area (Å²) in [6, 6.07) is 9.47. The highest BCUT2D eigenvalue weighted by Crippen LogP contribution is 2.39. The minimum atomic E-state index is -4.55. The molecule has 1 atom stereocenters. The molecule has 0 bridgehead atoms. The molecule has 0 radical (unpaired) electrons. The Labute approximate surface area is 237 Å². The number of anilines is 1. The van der Waals surface area contributed by atoms with Crippen LogP contribution >= 0.6 is 0 Å². The molecule has 2 aromatic rings. The molecular formula is C30H38F3N3O5. The van der Waals surface area contributed by atoms with Crippen LogP contribution in [0.25, 0.3) is 0 Å². The van der Waals surface area contributed by atoms with Crippen LogP contribution in [0.3, 0.4) is 0 Å². The molecule has 0 spiro atoms. The largest absolute Gasteiger partial charge is 0.479 e. The number of carbonyl (C=O) groups excluding carboxylic acids is 2. The number of aryl methyl sites for hydroxylation is 1. The van der Waals surface area contributed by atoms with Gasteiger partial charge in [-0.2, -0.15) is 13.2 Å². The fourth-order valence-electron chi connectivity index (χ4n) is 5.16. The summed E-state index contributed by atoms with van der Waals surface area (Å²) in [5.74, 6) is -1.52. The molecule has 0 saturated heterocycles. The van der Waals surface area contributed by atoms with Gasteiger partial charge in [0.1, 0.15) is 0 Å². The van der Waals surface area contributed by atoms with Crippen LogP contribution in [-0.2, 0) is 17.5 Å². The van der Waals surface area contributed by atoms with Crippen LogP contribution < -0.4 is 10.6 Å². The third kappa shape index (κ3) is 8.69. The Morgan fingerprint density at radius 3 is 2.15 bits per heavy atom. The lowest BCUT2D eigenvalue weighted by atomic mass is 9.71. The number of carboxylic acids is 1. The van der Waals surface area contributed by atoms with Gasteiger partial charge in [0.05, 0.1) is 12.1 Å². The van der Waals surface area contributed by atoms with Crippen molar-refractivity contribution in [2.75, 3.05) is 11.9 Å². The van der Waals surface area contributed by atoms with Gasteiger partial charge in [0, 0.05) is 23.8 Å². The van der Waals surface area contributed by atoms with E-state index in [0.29, 0.717) is 11.5 Å². The Morgan fingerprint density at radius 2 is 1.61 bits per heavy atom. The van der Waals surface area contributed by atoms with E-state index >= 15 is 0 Å². The first-order chi connectivity index (χ1) is 19.1. The Bertz CT molecular complexity index is 1230. The molecule has 41 heavy (non-hydrogen) atoms. The molecule has 1 fully saturated rings. The number of benzene rings is 2. The van der Waals surface area contributed by atoms with Crippen LogP contribution in [-0.4, -0.2) is 51.7 Å². The van der Waals surface area contributed by atoms with Gasteiger partial charge in [-0.15, -0.1) is 0 Å². The number of carbonyl (C=O) groups is 3. The minimum Gasteiger partial charge on any atom is -0.479 e. The van der Waals surface area contributed by atoms with Gasteiger partial charge in [-0.05, 0) is 79.3 Å². The Balaban J connectivity index is 1.78. The van der Waals surface area contributed by atoms with Crippen LogP contribution in [0.5, 0.6) is 0 Å². The van der Waals surface area contributed by atoms with E-state index in [1.165, 1.54) is 31.2 Å². The van der Waals surface area contributed by atoms with E-state index in [9.17, 15) is 32.7 Å². The first-order valence-corrected chi connectivity index (χ1v) is 13.6. The Morgan fingerprint density at radius 1 is 1.00 bits per heavy atom. The van der Waals surface area contributed by atoms with Crippen molar-refractivity contribution in [3.05, 3.63) is 64.7 Å². The maximum absolute atomic E-state index is 13.5. The average Bonchev–Trinajstić information content (AvgIpc) is 2.90. The molecular weight excluding hydrogens is 539 g/mol. The van der Waals surface area contributed by atoms with Gasteiger partial charge in [-0.1, -0.05) is 39.0 Å². The number of carboxylic acid groups (broad SMARTS) is 1. The third-order valence-corrected chi connectivity index (χ3v) is 7.73. The summed E-state index contributed by atoms with van der Waals surface area (Å²) in [4.78, 5) is 38.2. The number of nitrogens with zero attached hydrogens (tertiary/aromatic N) is 1. The lowest BCUT2D eigenvalue weighted by Gasteiger charge is -2.41. The quantitative estimate of drug-likeness (QED) is 0.315. The SMILES string of the molecule is Cc1ccc(NC(=O)N(Cc2ccc(C(=O)NC[C@@H](O)C(=O)O)cc2)C2CCC(C(C)(C)C)CC2)cc1C(F)(F)F. The molecule has 2 aromatic carbocycles. The summed E-state index contributed by atoms with van der Waals surface area (Å²) in [6.07, 6.45) is -2.92. The van der Waals surface area contributed by atoms with E-state index in [0.717, 1.165) is 31.7 Å². The molecule has 0 heterocycles. The van der Waals surface area contributed by atoms with Gasteiger partial charge in [-0.3, -0.25) is 4.79 Å². The fraction of sp³-hybridized carbons (Fsp3) is 0.500. The molecule has 0 aliphatic heterocycles.